The maximum absolute atomic E-state index is 13.9. The van der Waals surface area contributed by atoms with Gasteiger partial charge in [-0.3, -0.25) is 9.59 Å². The van der Waals surface area contributed by atoms with Gasteiger partial charge in [-0.25, -0.2) is 22.9 Å². The highest BCUT2D eigenvalue weighted by Crippen LogP contribution is 2.42. The molecule has 16 heteroatoms. The van der Waals surface area contributed by atoms with Crippen molar-refractivity contribution in [1.29, 1.82) is 0 Å². The number of nitrogens with zero attached hydrogens (tertiary/aromatic N) is 6. The van der Waals surface area contributed by atoms with Crippen LogP contribution in [0.15, 0.2) is 23.1 Å². The third-order valence-electron chi connectivity index (χ3n) is 8.04. The minimum Gasteiger partial charge on any atom is -0.344 e. The molecule has 5 rings (SSSR count). The molecule has 2 fully saturated rings. The van der Waals surface area contributed by atoms with Crippen LogP contribution in [0.2, 0.25) is 0 Å². The van der Waals surface area contributed by atoms with Crippen LogP contribution in [-0.4, -0.2) is 80.4 Å². The molecule has 3 aromatic rings. The molecule has 11 nitrogen and oxygen atoms in total. The smallest absolute Gasteiger partial charge is 0.344 e. The molecule has 4 heterocycles. The van der Waals surface area contributed by atoms with Crippen LogP contribution >= 0.6 is 0 Å². The number of hydrogen-bond donors (Lipinski definition) is 2. The number of carbonyl (C=O) groups excluding carboxylic acids is 2. The van der Waals surface area contributed by atoms with E-state index < -0.39 is 47.8 Å². The maximum Gasteiger partial charge on any atom is 0.408 e. The highest BCUT2D eigenvalue weighted by molar-refractivity contribution is 5.93. The summed E-state index contributed by atoms with van der Waals surface area (Å²) < 4.78 is 74.5. The Morgan fingerprint density at radius 3 is 2.57 bits per heavy atom. The third-order valence-corrected chi connectivity index (χ3v) is 8.04. The Hall–Kier alpha value is -3.69. The van der Waals surface area contributed by atoms with Crippen molar-refractivity contribution in [3.63, 3.8) is 0 Å². The van der Waals surface area contributed by atoms with Gasteiger partial charge in [-0.1, -0.05) is 5.16 Å². The molecule has 3 atom stereocenters. The average Bonchev–Trinajstić information content (AvgIpc) is 3.59. The fraction of sp³-hybridized carbons (Fsp3) is 0.615. The fourth-order valence-electron chi connectivity index (χ4n) is 6.04. The van der Waals surface area contributed by atoms with Crippen molar-refractivity contribution in [3.05, 3.63) is 41.1 Å². The SMILES string of the molecule is Cc1nonc1C(=O)N[C@H](c1cn2ncc(C[C@@]3(CN(C)C)C[C@@H](C(F)(F)F)NC3=O)cc2n1)C1CCC(F)(F)CC1. The number of fused-ring (bicyclic) bond motifs is 1. The van der Waals surface area contributed by atoms with Crippen LogP contribution in [0.25, 0.3) is 5.65 Å². The number of aryl methyl sites for hydroxylation is 1. The first-order valence-corrected chi connectivity index (χ1v) is 13.5. The van der Waals surface area contributed by atoms with Gasteiger partial charge in [0.05, 0.1) is 29.5 Å². The molecule has 1 saturated heterocycles. The molecule has 0 unspecified atom stereocenters. The fourth-order valence-corrected chi connectivity index (χ4v) is 6.04. The predicted octanol–water partition coefficient (Wildman–Crippen LogP) is 3.26. The van der Waals surface area contributed by atoms with Crippen LogP contribution in [0.1, 0.15) is 65.6 Å². The Balaban J connectivity index is 1.44. The van der Waals surface area contributed by atoms with E-state index in [1.165, 1.54) is 10.7 Å². The van der Waals surface area contributed by atoms with Gasteiger partial charge in [0.15, 0.2) is 11.3 Å². The van der Waals surface area contributed by atoms with E-state index in [9.17, 15) is 31.5 Å². The summed E-state index contributed by atoms with van der Waals surface area (Å²) in [5.41, 5.74) is 0.0826. The summed E-state index contributed by atoms with van der Waals surface area (Å²) >= 11 is 0. The Kier molecular flexibility index (Phi) is 7.70. The van der Waals surface area contributed by atoms with Crippen molar-refractivity contribution in [2.45, 2.75) is 69.6 Å². The largest absolute Gasteiger partial charge is 0.408 e. The number of nitrogens with one attached hydrogen (secondary N) is 2. The third kappa shape index (κ3) is 6.08. The van der Waals surface area contributed by atoms with Gasteiger partial charge in [0.2, 0.25) is 11.8 Å². The van der Waals surface area contributed by atoms with Crippen molar-refractivity contribution in [3.8, 4) is 0 Å². The molecule has 2 amide bonds. The number of halogens is 5. The summed E-state index contributed by atoms with van der Waals surface area (Å²) in [6.45, 7) is 1.63. The van der Waals surface area contributed by atoms with Crippen LogP contribution in [0, 0.1) is 18.3 Å². The lowest BCUT2D eigenvalue weighted by molar-refractivity contribution is -0.155. The summed E-state index contributed by atoms with van der Waals surface area (Å²) in [6.07, 6.45) is -2.36. The Morgan fingerprint density at radius 1 is 1.26 bits per heavy atom. The molecule has 1 aliphatic carbocycles. The standard InChI is InChI=1S/C26H31F5N8O3/c1-14-20(37-42-36-14)22(40)35-21(16-4-6-25(27,28)7-5-16)17-12-39-19(33-17)8-15(11-32-39)9-24(13-38(2)3)10-18(26(29,30)31)34-23(24)41/h8,11-12,16,18,21H,4-7,9-10,13H2,1-3H3,(H,34,41)(H,35,40)/t18-,21-,24-/m0/s1. The van der Waals surface area contributed by atoms with Crippen LogP contribution in [-0.2, 0) is 11.2 Å². The lowest BCUT2D eigenvalue weighted by Gasteiger charge is -2.33. The summed E-state index contributed by atoms with van der Waals surface area (Å²) in [5, 5.41) is 16.5. The molecule has 2 N–H and O–H groups in total. The first kappa shape index (κ1) is 29.8. The van der Waals surface area contributed by atoms with E-state index in [0.29, 0.717) is 16.9 Å². The van der Waals surface area contributed by atoms with Crippen molar-refractivity contribution >= 4 is 17.5 Å². The number of hydrogen-bond acceptors (Lipinski definition) is 8. The second kappa shape index (κ2) is 10.9. The number of amides is 2. The molecule has 3 aromatic heterocycles. The lowest BCUT2D eigenvalue weighted by Crippen LogP contribution is -2.42. The minimum absolute atomic E-state index is 0.00834. The van der Waals surface area contributed by atoms with Gasteiger partial charge in [-0.15, -0.1) is 0 Å². The van der Waals surface area contributed by atoms with E-state index in [4.69, 9.17) is 0 Å². The second-order valence-electron chi connectivity index (χ2n) is 11.6. The second-order valence-corrected chi connectivity index (χ2v) is 11.6. The van der Waals surface area contributed by atoms with Gasteiger partial charge in [-0.05, 0) is 69.4 Å². The Bertz CT molecular complexity index is 1460. The van der Waals surface area contributed by atoms with Gasteiger partial charge in [0.25, 0.3) is 5.91 Å². The van der Waals surface area contributed by atoms with E-state index in [1.807, 2.05) is 0 Å². The Morgan fingerprint density at radius 2 is 1.98 bits per heavy atom. The van der Waals surface area contributed by atoms with E-state index in [2.05, 4.69) is 35.7 Å². The zero-order valence-corrected chi connectivity index (χ0v) is 23.2. The normalized spacial score (nSPS) is 23.8. The molecule has 1 aliphatic heterocycles. The number of carbonyl (C=O) groups is 2. The monoisotopic (exact) mass is 598 g/mol. The van der Waals surface area contributed by atoms with Crippen molar-refractivity contribution in [2.24, 2.45) is 11.3 Å². The van der Waals surface area contributed by atoms with Crippen LogP contribution in [0.3, 0.4) is 0 Å². The molecule has 1 saturated carbocycles. The number of aromatic nitrogens is 5. The van der Waals surface area contributed by atoms with E-state index in [-0.39, 0.29) is 56.0 Å². The molecule has 0 bridgehead atoms. The minimum atomic E-state index is -4.58. The Labute approximate surface area is 237 Å². The van der Waals surface area contributed by atoms with E-state index in [1.54, 1.807) is 38.2 Å². The quantitative estimate of drug-likeness (QED) is 0.378. The van der Waals surface area contributed by atoms with Crippen molar-refractivity contribution in [2.75, 3.05) is 20.6 Å². The van der Waals surface area contributed by atoms with Crippen LogP contribution in [0.4, 0.5) is 22.0 Å². The first-order chi connectivity index (χ1) is 19.7. The predicted molar refractivity (Wildman–Crippen MR) is 136 cm³/mol. The van der Waals surface area contributed by atoms with Crippen LogP contribution in [0.5, 0.6) is 0 Å². The van der Waals surface area contributed by atoms with E-state index in [0.717, 1.165) is 0 Å². The van der Waals surface area contributed by atoms with Crippen molar-refractivity contribution in [1.82, 2.24) is 40.4 Å². The highest BCUT2D eigenvalue weighted by Gasteiger charge is 2.55. The highest BCUT2D eigenvalue weighted by atomic mass is 19.4. The number of rotatable bonds is 8. The summed E-state index contributed by atoms with van der Waals surface area (Å²) in [6, 6.07) is -1.08. The molecule has 42 heavy (non-hydrogen) atoms. The molecule has 0 radical (unpaired) electrons. The summed E-state index contributed by atoms with van der Waals surface area (Å²) in [7, 11) is 3.37. The van der Waals surface area contributed by atoms with Gasteiger partial charge in [0.1, 0.15) is 11.7 Å². The van der Waals surface area contributed by atoms with E-state index >= 15 is 0 Å². The topological polar surface area (TPSA) is 131 Å². The first-order valence-electron chi connectivity index (χ1n) is 13.5. The van der Waals surface area contributed by atoms with Gasteiger partial charge in [-0.2, -0.15) is 18.3 Å². The average molecular weight is 599 g/mol. The zero-order valence-electron chi connectivity index (χ0n) is 23.2. The molecule has 228 valence electrons. The summed E-state index contributed by atoms with van der Waals surface area (Å²) in [5.74, 6) is -4.42. The summed E-state index contributed by atoms with van der Waals surface area (Å²) in [4.78, 5) is 32.2. The van der Waals surface area contributed by atoms with Crippen LogP contribution < -0.4 is 10.6 Å². The number of imidazole rings is 1. The molecular formula is C26H31F5N8O3. The van der Waals surface area contributed by atoms with Gasteiger partial charge in [0, 0.05) is 19.4 Å². The van der Waals surface area contributed by atoms with Gasteiger partial charge < -0.3 is 15.5 Å². The molecule has 2 aliphatic rings. The molecule has 0 aromatic carbocycles. The lowest BCUT2D eigenvalue weighted by atomic mass is 9.78. The van der Waals surface area contributed by atoms with Crippen molar-refractivity contribution < 1.29 is 36.2 Å². The maximum atomic E-state index is 13.9. The zero-order chi connectivity index (χ0) is 30.4. The molecular weight excluding hydrogens is 567 g/mol. The van der Waals surface area contributed by atoms with Gasteiger partial charge >= 0.3 is 6.18 Å². The molecule has 0 spiro atoms. The number of alkyl halides is 5.